The van der Waals surface area contributed by atoms with Crippen LogP contribution in [0.4, 0.5) is 0 Å². The molecule has 1 N–H and O–H groups in total. The summed E-state index contributed by atoms with van der Waals surface area (Å²) in [5.41, 5.74) is 4.19. The molecule has 2 rings (SSSR count). The van der Waals surface area contributed by atoms with Crippen LogP contribution >= 0.6 is 0 Å². The third-order valence-electron chi connectivity index (χ3n) is 4.62. The number of rotatable bonds is 2. The van der Waals surface area contributed by atoms with E-state index in [1.165, 1.54) is 29.8 Å². The van der Waals surface area contributed by atoms with Crippen molar-refractivity contribution >= 4 is 0 Å². The molecule has 0 spiro atoms. The third-order valence-corrected chi connectivity index (χ3v) is 4.62. The molecule has 0 aliphatic heterocycles. The van der Waals surface area contributed by atoms with Gasteiger partial charge in [0.05, 0.1) is 11.7 Å². The number of aromatic nitrogens is 2. The van der Waals surface area contributed by atoms with E-state index in [-0.39, 0.29) is 0 Å². The number of hydrogen-bond acceptors (Lipinski definition) is 2. The first-order valence-electron chi connectivity index (χ1n) is 6.58. The van der Waals surface area contributed by atoms with Gasteiger partial charge in [0.1, 0.15) is 0 Å². The highest BCUT2D eigenvalue weighted by atomic mass is 15.3. The van der Waals surface area contributed by atoms with Gasteiger partial charge in [0.25, 0.3) is 0 Å². The van der Waals surface area contributed by atoms with Gasteiger partial charge >= 0.3 is 0 Å². The van der Waals surface area contributed by atoms with Crippen molar-refractivity contribution in [2.45, 2.75) is 59.5 Å². The molecule has 1 aromatic heterocycles. The third kappa shape index (κ3) is 1.90. The second-order valence-corrected chi connectivity index (χ2v) is 6.10. The molecule has 1 saturated carbocycles. The maximum atomic E-state index is 4.73. The Labute approximate surface area is 105 Å². The first kappa shape index (κ1) is 12.6. The van der Waals surface area contributed by atoms with E-state index in [4.69, 9.17) is 5.10 Å². The Balaban J connectivity index is 2.38. The molecule has 1 aliphatic rings. The van der Waals surface area contributed by atoms with Crippen molar-refractivity contribution < 1.29 is 0 Å². The van der Waals surface area contributed by atoms with Gasteiger partial charge in [0, 0.05) is 11.7 Å². The van der Waals surface area contributed by atoms with Gasteiger partial charge in [-0.2, -0.15) is 5.10 Å². The van der Waals surface area contributed by atoms with Crippen molar-refractivity contribution in [3.8, 4) is 0 Å². The van der Waals surface area contributed by atoms with Gasteiger partial charge in [-0.3, -0.25) is 4.68 Å². The van der Waals surface area contributed by atoms with Crippen LogP contribution in [0.25, 0.3) is 0 Å². The zero-order chi connectivity index (χ0) is 12.8. The van der Waals surface area contributed by atoms with Crippen LogP contribution in [0.1, 0.15) is 49.7 Å². The Bertz CT molecular complexity index is 417. The van der Waals surface area contributed by atoms with Crippen molar-refractivity contribution in [1.82, 2.24) is 15.1 Å². The van der Waals surface area contributed by atoms with E-state index < -0.39 is 0 Å². The van der Waals surface area contributed by atoms with Crippen LogP contribution in [0.5, 0.6) is 0 Å². The lowest BCUT2D eigenvalue weighted by molar-refractivity contribution is 0.252. The largest absolute Gasteiger partial charge is 0.314 e. The van der Waals surface area contributed by atoms with Gasteiger partial charge in [-0.1, -0.05) is 13.8 Å². The van der Waals surface area contributed by atoms with Crippen LogP contribution in [-0.2, 0) is 0 Å². The van der Waals surface area contributed by atoms with Crippen LogP contribution in [0, 0.1) is 26.2 Å². The molecule has 1 fully saturated rings. The topological polar surface area (TPSA) is 29.9 Å². The molecule has 0 aromatic carbocycles. The monoisotopic (exact) mass is 235 g/mol. The van der Waals surface area contributed by atoms with Crippen molar-refractivity contribution in [3.05, 3.63) is 17.0 Å². The zero-order valence-electron chi connectivity index (χ0n) is 12.0. The van der Waals surface area contributed by atoms with Gasteiger partial charge in [-0.25, -0.2) is 0 Å². The summed E-state index contributed by atoms with van der Waals surface area (Å²) >= 11 is 0. The highest BCUT2D eigenvalue weighted by molar-refractivity contribution is 5.23. The van der Waals surface area contributed by atoms with Gasteiger partial charge in [-0.15, -0.1) is 0 Å². The summed E-state index contributed by atoms with van der Waals surface area (Å²) in [6.07, 6.45) is 2.49. The molecule has 1 aliphatic carbocycles. The highest BCUT2D eigenvalue weighted by Crippen LogP contribution is 2.44. The summed E-state index contributed by atoms with van der Waals surface area (Å²) in [6, 6.07) is 1.02. The molecule has 0 saturated heterocycles. The van der Waals surface area contributed by atoms with E-state index in [9.17, 15) is 0 Å². The molecule has 0 amide bonds. The minimum Gasteiger partial charge on any atom is -0.314 e. The van der Waals surface area contributed by atoms with Crippen molar-refractivity contribution in [1.29, 1.82) is 0 Å². The fraction of sp³-hybridized carbons (Fsp3) is 0.786. The van der Waals surface area contributed by atoms with E-state index in [0.717, 1.165) is 0 Å². The van der Waals surface area contributed by atoms with Gasteiger partial charge in [0.2, 0.25) is 0 Å². The maximum absolute atomic E-state index is 4.73. The number of nitrogens with zero attached hydrogens (tertiary/aromatic N) is 2. The lowest BCUT2D eigenvalue weighted by Crippen LogP contribution is -2.41. The molecule has 96 valence electrons. The van der Waals surface area contributed by atoms with E-state index in [1.807, 2.05) is 0 Å². The zero-order valence-corrected chi connectivity index (χ0v) is 12.0. The molecule has 1 aromatic rings. The molecule has 3 nitrogen and oxygen atoms in total. The summed E-state index contributed by atoms with van der Waals surface area (Å²) in [5, 5.41) is 8.23. The SMILES string of the molecule is CNC1C(n2nc(C)c(C)c2C)CCC1(C)C. The molecular weight excluding hydrogens is 210 g/mol. The molecule has 1 heterocycles. The fourth-order valence-electron chi connectivity index (χ4n) is 3.28. The van der Waals surface area contributed by atoms with Gasteiger partial charge in [-0.05, 0) is 51.6 Å². The Kier molecular flexibility index (Phi) is 3.06. The van der Waals surface area contributed by atoms with E-state index >= 15 is 0 Å². The normalized spacial score (nSPS) is 27.6. The predicted octanol–water partition coefficient (Wildman–Crippen LogP) is 2.76. The van der Waals surface area contributed by atoms with E-state index in [1.54, 1.807) is 0 Å². The summed E-state index contributed by atoms with van der Waals surface area (Å²) in [7, 11) is 2.07. The molecule has 0 radical (unpaired) electrons. The van der Waals surface area contributed by atoms with Gasteiger partial charge < -0.3 is 5.32 Å². The standard InChI is InChI=1S/C14H25N3/c1-9-10(2)16-17(11(9)3)12-7-8-14(4,5)13(12)15-6/h12-13,15H,7-8H2,1-6H3. The van der Waals surface area contributed by atoms with E-state index in [0.29, 0.717) is 17.5 Å². The van der Waals surface area contributed by atoms with Crippen LogP contribution < -0.4 is 5.32 Å². The lowest BCUT2D eigenvalue weighted by atomic mass is 9.86. The average Bonchev–Trinajstić information content (AvgIpc) is 2.69. The minimum atomic E-state index is 0.361. The summed E-state index contributed by atoms with van der Waals surface area (Å²) < 4.78 is 2.25. The molecule has 3 heteroatoms. The number of likely N-dealkylation sites (N-methyl/N-ethyl adjacent to an activating group) is 1. The summed E-state index contributed by atoms with van der Waals surface area (Å²) in [4.78, 5) is 0. The number of aryl methyl sites for hydroxylation is 1. The van der Waals surface area contributed by atoms with Crippen LogP contribution in [-0.4, -0.2) is 22.9 Å². The number of hydrogen-bond donors (Lipinski definition) is 1. The average molecular weight is 235 g/mol. The Morgan fingerprint density at radius 1 is 1.29 bits per heavy atom. The molecule has 17 heavy (non-hydrogen) atoms. The molecule has 2 atom stereocenters. The quantitative estimate of drug-likeness (QED) is 0.854. The second-order valence-electron chi connectivity index (χ2n) is 6.10. The van der Waals surface area contributed by atoms with Crippen LogP contribution in [0.3, 0.4) is 0 Å². The van der Waals surface area contributed by atoms with Crippen molar-refractivity contribution in [3.63, 3.8) is 0 Å². The van der Waals surface area contributed by atoms with Crippen molar-refractivity contribution in [2.24, 2.45) is 5.41 Å². The maximum Gasteiger partial charge on any atom is 0.0680 e. The highest BCUT2D eigenvalue weighted by Gasteiger charge is 2.42. The van der Waals surface area contributed by atoms with E-state index in [2.05, 4.69) is 51.7 Å². The first-order chi connectivity index (χ1) is 7.88. The van der Waals surface area contributed by atoms with Crippen LogP contribution in [0.15, 0.2) is 0 Å². The number of nitrogens with one attached hydrogen (secondary N) is 1. The first-order valence-corrected chi connectivity index (χ1v) is 6.58. The van der Waals surface area contributed by atoms with Crippen molar-refractivity contribution in [2.75, 3.05) is 7.05 Å². The summed E-state index contributed by atoms with van der Waals surface area (Å²) in [6.45, 7) is 11.2. The Morgan fingerprint density at radius 2 is 1.94 bits per heavy atom. The Morgan fingerprint density at radius 3 is 2.41 bits per heavy atom. The predicted molar refractivity (Wildman–Crippen MR) is 71.3 cm³/mol. The summed E-state index contributed by atoms with van der Waals surface area (Å²) in [5.74, 6) is 0. The molecule has 2 unspecified atom stereocenters. The fourth-order valence-corrected chi connectivity index (χ4v) is 3.28. The Hall–Kier alpha value is -0.830. The molecular formula is C14H25N3. The smallest absolute Gasteiger partial charge is 0.0680 e. The molecule has 0 bridgehead atoms. The van der Waals surface area contributed by atoms with Gasteiger partial charge in [0.15, 0.2) is 0 Å². The minimum absolute atomic E-state index is 0.361. The van der Waals surface area contributed by atoms with Crippen LogP contribution in [0.2, 0.25) is 0 Å². The second kappa shape index (κ2) is 4.13. The lowest BCUT2D eigenvalue weighted by Gasteiger charge is -2.31.